The first-order valence-electron chi connectivity index (χ1n) is 4.25. The normalized spacial score (nSPS) is 10.4. The molecule has 3 heteroatoms. The van der Waals surface area contributed by atoms with Crippen molar-refractivity contribution in [2.75, 3.05) is 0 Å². The molecule has 0 aliphatic carbocycles. The summed E-state index contributed by atoms with van der Waals surface area (Å²) in [5.74, 6) is 0.944. The Hall–Kier alpha value is -0.670. The van der Waals surface area contributed by atoms with Crippen molar-refractivity contribution in [2.24, 2.45) is 0 Å². The minimum atomic E-state index is 0.793. The summed E-state index contributed by atoms with van der Waals surface area (Å²) in [5.41, 5.74) is 1.20. The van der Waals surface area contributed by atoms with Crippen molar-refractivity contribution >= 4 is 27.7 Å². The van der Waals surface area contributed by atoms with Gasteiger partial charge < -0.3 is 4.42 Å². The van der Waals surface area contributed by atoms with Crippen molar-refractivity contribution in [1.82, 2.24) is 0 Å². The predicted molar refractivity (Wildman–Crippen MR) is 62.4 cm³/mol. The zero-order valence-corrected chi connectivity index (χ0v) is 9.85. The standard InChI is InChI=1S/C11H9BrOS/c12-11-6-9(7-13-11)8-14-10-4-2-1-3-5-10/h1-7H,8H2. The van der Waals surface area contributed by atoms with Crippen LogP contribution in [-0.4, -0.2) is 0 Å². The molecule has 0 bridgehead atoms. The van der Waals surface area contributed by atoms with Crippen molar-refractivity contribution < 1.29 is 4.42 Å². The van der Waals surface area contributed by atoms with Gasteiger partial charge in [-0.05, 0) is 34.1 Å². The van der Waals surface area contributed by atoms with Gasteiger partial charge in [-0.2, -0.15) is 0 Å². The van der Waals surface area contributed by atoms with Crippen LogP contribution < -0.4 is 0 Å². The molecule has 0 atom stereocenters. The Morgan fingerprint density at radius 3 is 2.64 bits per heavy atom. The molecule has 0 N–H and O–H groups in total. The lowest BCUT2D eigenvalue weighted by Gasteiger charge is -1.97. The van der Waals surface area contributed by atoms with E-state index in [1.54, 1.807) is 18.0 Å². The van der Waals surface area contributed by atoms with E-state index in [4.69, 9.17) is 4.42 Å². The molecular formula is C11H9BrOS. The highest BCUT2D eigenvalue weighted by Crippen LogP contribution is 2.24. The summed E-state index contributed by atoms with van der Waals surface area (Å²) in [6, 6.07) is 12.3. The van der Waals surface area contributed by atoms with Crippen LogP contribution >= 0.6 is 27.7 Å². The van der Waals surface area contributed by atoms with Gasteiger partial charge in [-0.15, -0.1) is 11.8 Å². The summed E-state index contributed by atoms with van der Waals surface area (Å²) < 4.78 is 5.95. The van der Waals surface area contributed by atoms with Gasteiger partial charge in [-0.1, -0.05) is 18.2 Å². The summed E-state index contributed by atoms with van der Waals surface area (Å²) in [6.07, 6.45) is 1.78. The Bertz CT molecular complexity index is 397. The molecule has 0 aliphatic rings. The van der Waals surface area contributed by atoms with E-state index in [0.29, 0.717) is 0 Å². The van der Waals surface area contributed by atoms with Gasteiger partial charge in [0, 0.05) is 16.2 Å². The van der Waals surface area contributed by atoms with E-state index in [1.807, 2.05) is 24.3 Å². The van der Waals surface area contributed by atoms with Gasteiger partial charge >= 0.3 is 0 Å². The summed E-state index contributed by atoms with van der Waals surface area (Å²) in [5, 5.41) is 0. The van der Waals surface area contributed by atoms with Crippen molar-refractivity contribution in [3.05, 3.63) is 52.9 Å². The number of hydrogen-bond acceptors (Lipinski definition) is 2. The van der Waals surface area contributed by atoms with E-state index in [9.17, 15) is 0 Å². The highest BCUT2D eigenvalue weighted by atomic mass is 79.9. The van der Waals surface area contributed by atoms with E-state index in [1.165, 1.54) is 10.5 Å². The Kier molecular flexibility index (Phi) is 3.32. The van der Waals surface area contributed by atoms with Gasteiger partial charge in [0.05, 0.1) is 6.26 Å². The van der Waals surface area contributed by atoms with Crippen molar-refractivity contribution in [3.8, 4) is 0 Å². The van der Waals surface area contributed by atoms with Crippen LogP contribution in [0.3, 0.4) is 0 Å². The van der Waals surface area contributed by atoms with Crippen LogP contribution in [0.5, 0.6) is 0 Å². The van der Waals surface area contributed by atoms with Crippen LogP contribution in [0.4, 0.5) is 0 Å². The summed E-state index contributed by atoms with van der Waals surface area (Å²) >= 11 is 5.09. The average Bonchev–Trinajstić information content (AvgIpc) is 2.63. The zero-order valence-electron chi connectivity index (χ0n) is 7.44. The molecule has 2 rings (SSSR count). The van der Waals surface area contributed by atoms with Crippen LogP contribution in [0, 0.1) is 0 Å². The second-order valence-corrected chi connectivity index (χ2v) is 4.69. The van der Waals surface area contributed by atoms with Gasteiger partial charge in [0.25, 0.3) is 0 Å². The minimum absolute atomic E-state index is 0.793. The lowest BCUT2D eigenvalue weighted by Crippen LogP contribution is -1.74. The molecule has 1 aromatic carbocycles. The van der Waals surface area contributed by atoms with Crippen LogP contribution in [-0.2, 0) is 5.75 Å². The molecule has 1 heterocycles. The fourth-order valence-corrected chi connectivity index (χ4v) is 2.33. The molecule has 0 saturated heterocycles. The molecule has 0 aliphatic heterocycles. The summed E-state index contributed by atoms with van der Waals surface area (Å²) in [6.45, 7) is 0. The Morgan fingerprint density at radius 2 is 2.00 bits per heavy atom. The van der Waals surface area contributed by atoms with Crippen molar-refractivity contribution in [2.45, 2.75) is 10.6 Å². The van der Waals surface area contributed by atoms with Crippen molar-refractivity contribution in [1.29, 1.82) is 0 Å². The highest BCUT2D eigenvalue weighted by Gasteiger charge is 1.99. The van der Waals surface area contributed by atoms with Crippen LogP contribution in [0.15, 0.2) is 56.6 Å². The largest absolute Gasteiger partial charge is 0.457 e. The molecular weight excluding hydrogens is 260 g/mol. The molecule has 0 unspecified atom stereocenters. The summed E-state index contributed by atoms with van der Waals surface area (Å²) in [4.78, 5) is 1.28. The van der Waals surface area contributed by atoms with E-state index < -0.39 is 0 Å². The minimum Gasteiger partial charge on any atom is -0.457 e. The third-order valence-corrected chi connectivity index (χ3v) is 3.27. The maximum atomic E-state index is 5.16. The molecule has 0 saturated carbocycles. The maximum Gasteiger partial charge on any atom is 0.169 e. The quantitative estimate of drug-likeness (QED) is 0.769. The molecule has 72 valence electrons. The van der Waals surface area contributed by atoms with E-state index in [-0.39, 0.29) is 0 Å². The van der Waals surface area contributed by atoms with Gasteiger partial charge in [-0.3, -0.25) is 0 Å². The van der Waals surface area contributed by atoms with Crippen LogP contribution in [0.2, 0.25) is 0 Å². The van der Waals surface area contributed by atoms with Gasteiger partial charge in [0.15, 0.2) is 4.67 Å². The summed E-state index contributed by atoms with van der Waals surface area (Å²) in [7, 11) is 0. The SMILES string of the molecule is Brc1cc(CSc2ccccc2)co1. The fraction of sp³-hybridized carbons (Fsp3) is 0.0909. The molecule has 2 aromatic rings. The smallest absolute Gasteiger partial charge is 0.169 e. The first-order valence-corrected chi connectivity index (χ1v) is 6.03. The lowest BCUT2D eigenvalue weighted by atomic mass is 10.4. The number of furan rings is 1. The lowest BCUT2D eigenvalue weighted by molar-refractivity contribution is 0.539. The third-order valence-electron chi connectivity index (χ3n) is 1.77. The molecule has 0 spiro atoms. The number of benzene rings is 1. The van der Waals surface area contributed by atoms with Gasteiger partial charge in [0.1, 0.15) is 0 Å². The zero-order chi connectivity index (χ0) is 9.80. The van der Waals surface area contributed by atoms with Crippen molar-refractivity contribution in [3.63, 3.8) is 0 Å². The van der Waals surface area contributed by atoms with Crippen LogP contribution in [0.1, 0.15) is 5.56 Å². The van der Waals surface area contributed by atoms with Crippen LogP contribution in [0.25, 0.3) is 0 Å². The molecule has 1 aromatic heterocycles. The second-order valence-electron chi connectivity index (χ2n) is 2.86. The topological polar surface area (TPSA) is 13.1 Å². The molecule has 0 amide bonds. The molecule has 0 radical (unpaired) electrons. The third kappa shape index (κ3) is 2.66. The first kappa shape index (κ1) is 9.87. The monoisotopic (exact) mass is 268 g/mol. The van der Waals surface area contributed by atoms with E-state index in [0.717, 1.165) is 10.4 Å². The maximum absolute atomic E-state index is 5.16. The number of halogens is 1. The predicted octanol–water partition coefficient (Wildman–Crippen LogP) is 4.33. The second kappa shape index (κ2) is 4.71. The fourth-order valence-electron chi connectivity index (χ4n) is 1.10. The molecule has 0 fully saturated rings. The number of thioether (sulfide) groups is 1. The molecule has 1 nitrogen and oxygen atoms in total. The highest BCUT2D eigenvalue weighted by molar-refractivity contribution is 9.10. The Morgan fingerprint density at radius 1 is 1.21 bits per heavy atom. The van der Waals surface area contributed by atoms with E-state index in [2.05, 4.69) is 28.1 Å². The Labute approximate surface area is 95.6 Å². The van der Waals surface area contributed by atoms with Gasteiger partial charge in [-0.25, -0.2) is 0 Å². The number of hydrogen-bond donors (Lipinski definition) is 0. The number of rotatable bonds is 3. The average molecular weight is 269 g/mol. The van der Waals surface area contributed by atoms with Gasteiger partial charge in [0.2, 0.25) is 0 Å². The Balaban J connectivity index is 1.95. The first-order chi connectivity index (χ1) is 6.84. The molecule has 14 heavy (non-hydrogen) atoms. The van der Waals surface area contributed by atoms with E-state index >= 15 is 0 Å².